The van der Waals surface area contributed by atoms with E-state index in [1.807, 2.05) is 0 Å². The molecule has 0 spiro atoms. The summed E-state index contributed by atoms with van der Waals surface area (Å²) in [4.78, 5) is 4.09. The predicted octanol–water partition coefficient (Wildman–Crippen LogP) is 3.42. The van der Waals surface area contributed by atoms with E-state index in [1.165, 1.54) is 24.3 Å². The van der Waals surface area contributed by atoms with Gasteiger partial charge in [0.05, 0.1) is 11.9 Å². The van der Waals surface area contributed by atoms with Crippen molar-refractivity contribution in [2.24, 2.45) is 5.92 Å². The third-order valence-corrected chi connectivity index (χ3v) is 2.84. The Morgan fingerprint density at radius 2 is 2.36 bits per heavy atom. The molecule has 74 valence electrons. The highest BCUT2D eigenvalue weighted by Gasteiger charge is 2.16. The molecule has 14 heavy (non-hydrogen) atoms. The van der Waals surface area contributed by atoms with Crippen LogP contribution in [0, 0.1) is 11.7 Å². The first kappa shape index (κ1) is 9.38. The summed E-state index contributed by atoms with van der Waals surface area (Å²) < 4.78 is 12.6. The molecule has 1 unspecified atom stereocenters. The number of rotatable bonds is 2. The maximum atomic E-state index is 12.6. The van der Waals surface area contributed by atoms with Crippen molar-refractivity contribution in [3.05, 3.63) is 35.9 Å². The second-order valence-corrected chi connectivity index (χ2v) is 3.81. The van der Waals surface area contributed by atoms with Gasteiger partial charge in [-0.05, 0) is 36.5 Å². The standard InChI is InChI=1S/C12H14FN/c1-2-9-3-4-10(7-9)12-6-5-11(13)8-14-12/h4-6,8-9H,2-3,7H2,1H3. The monoisotopic (exact) mass is 191 g/mol. The molecule has 1 aromatic heterocycles. The quantitative estimate of drug-likeness (QED) is 0.698. The number of nitrogens with zero attached hydrogens (tertiary/aromatic N) is 1. The van der Waals surface area contributed by atoms with Gasteiger partial charge in [-0.3, -0.25) is 4.98 Å². The SMILES string of the molecule is CCC1CC=C(c2ccc(F)cn2)C1. The maximum absolute atomic E-state index is 12.6. The molecule has 0 aromatic carbocycles. The summed E-state index contributed by atoms with van der Waals surface area (Å²) in [6.45, 7) is 2.21. The van der Waals surface area contributed by atoms with Gasteiger partial charge in [0.2, 0.25) is 0 Å². The zero-order valence-electron chi connectivity index (χ0n) is 8.33. The molecular formula is C12H14FN. The number of allylic oxidation sites excluding steroid dienone is 2. The Labute approximate surface area is 83.7 Å². The molecule has 1 aliphatic rings. The lowest BCUT2D eigenvalue weighted by Crippen LogP contribution is -1.93. The van der Waals surface area contributed by atoms with Crippen LogP contribution >= 0.6 is 0 Å². The van der Waals surface area contributed by atoms with Crippen molar-refractivity contribution in [1.29, 1.82) is 0 Å². The van der Waals surface area contributed by atoms with Crippen molar-refractivity contribution < 1.29 is 4.39 Å². The first-order valence-electron chi connectivity index (χ1n) is 5.10. The highest BCUT2D eigenvalue weighted by atomic mass is 19.1. The zero-order chi connectivity index (χ0) is 9.97. The van der Waals surface area contributed by atoms with E-state index >= 15 is 0 Å². The zero-order valence-corrected chi connectivity index (χ0v) is 8.33. The molecule has 0 saturated heterocycles. The summed E-state index contributed by atoms with van der Waals surface area (Å²) in [6.07, 6.45) is 6.96. The molecule has 0 aliphatic heterocycles. The van der Waals surface area contributed by atoms with Crippen LogP contribution < -0.4 is 0 Å². The average Bonchev–Trinajstić information content (AvgIpc) is 2.67. The van der Waals surface area contributed by atoms with Crippen LogP contribution in [-0.2, 0) is 0 Å². The van der Waals surface area contributed by atoms with Crippen LogP contribution in [0.1, 0.15) is 31.9 Å². The lowest BCUT2D eigenvalue weighted by molar-refractivity contribution is 0.554. The van der Waals surface area contributed by atoms with E-state index in [1.54, 1.807) is 6.07 Å². The fourth-order valence-electron chi connectivity index (χ4n) is 1.87. The smallest absolute Gasteiger partial charge is 0.141 e. The molecule has 0 N–H and O–H groups in total. The van der Waals surface area contributed by atoms with E-state index in [-0.39, 0.29) is 5.82 Å². The van der Waals surface area contributed by atoms with E-state index < -0.39 is 0 Å². The molecule has 1 atom stereocenters. The summed E-state index contributed by atoms with van der Waals surface area (Å²) in [5.41, 5.74) is 2.21. The van der Waals surface area contributed by atoms with E-state index in [0.717, 1.165) is 24.5 Å². The first-order chi connectivity index (χ1) is 6.79. The highest BCUT2D eigenvalue weighted by Crippen LogP contribution is 2.32. The van der Waals surface area contributed by atoms with Crippen LogP contribution in [0.4, 0.5) is 4.39 Å². The minimum absolute atomic E-state index is 0.264. The molecule has 1 nitrogen and oxygen atoms in total. The second-order valence-electron chi connectivity index (χ2n) is 3.81. The molecule has 2 heteroatoms. The molecule has 0 radical (unpaired) electrons. The van der Waals surface area contributed by atoms with Gasteiger partial charge in [-0.2, -0.15) is 0 Å². The molecule has 0 saturated carbocycles. The van der Waals surface area contributed by atoms with Gasteiger partial charge in [0.1, 0.15) is 5.82 Å². The fraction of sp³-hybridized carbons (Fsp3) is 0.417. The summed E-state index contributed by atoms with van der Waals surface area (Å²) in [7, 11) is 0. The lowest BCUT2D eigenvalue weighted by Gasteiger charge is -2.05. The maximum Gasteiger partial charge on any atom is 0.141 e. The van der Waals surface area contributed by atoms with Gasteiger partial charge in [-0.25, -0.2) is 4.39 Å². The first-order valence-corrected chi connectivity index (χ1v) is 5.10. The van der Waals surface area contributed by atoms with Crippen LogP contribution in [0.15, 0.2) is 24.4 Å². The Kier molecular flexibility index (Phi) is 2.62. The van der Waals surface area contributed by atoms with Gasteiger partial charge in [0.15, 0.2) is 0 Å². The predicted molar refractivity (Wildman–Crippen MR) is 55.2 cm³/mol. The number of hydrogen-bond acceptors (Lipinski definition) is 1. The summed E-state index contributed by atoms with van der Waals surface area (Å²) in [6, 6.07) is 3.24. The third kappa shape index (κ3) is 1.84. The van der Waals surface area contributed by atoms with Crippen LogP contribution in [-0.4, -0.2) is 4.98 Å². The van der Waals surface area contributed by atoms with Gasteiger partial charge in [-0.1, -0.05) is 19.4 Å². The van der Waals surface area contributed by atoms with Crippen LogP contribution in [0.2, 0.25) is 0 Å². The molecule has 0 bridgehead atoms. The number of pyridine rings is 1. The van der Waals surface area contributed by atoms with Gasteiger partial charge in [0.25, 0.3) is 0 Å². The van der Waals surface area contributed by atoms with Crippen molar-refractivity contribution in [2.45, 2.75) is 26.2 Å². The number of aromatic nitrogens is 1. The topological polar surface area (TPSA) is 12.9 Å². The minimum Gasteiger partial charge on any atom is -0.254 e. The number of halogens is 1. The minimum atomic E-state index is -0.264. The van der Waals surface area contributed by atoms with Crippen LogP contribution in [0.3, 0.4) is 0 Å². The van der Waals surface area contributed by atoms with Crippen molar-refractivity contribution in [3.63, 3.8) is 0 Å². The molecule has 0 amide bonds. The molecule has 0 fully saturated rings. The van der Waals surface area contributed by atoms with Crippen molar-refractivity contribution in [2.75, 3.05) is 0 Å². The summed E-state index contributed by atoms with van der Waals surface area (Å²) in [5, 5.41) is 0. The number of hydrogen-bond donors (Lipinski definition) is 0. The normalized spacial score (nSPS) is 21.0. The van der Waals surface area contributed by atoms with E-state index in [2.05, 4.69) is 18.0 Å². The van der Waals surface area contributed by atoms with Crippen molar-refractivity contribution in [1.82, 2.24) is 4.98 Å². The average molecular weight is 191 g/mol. The summed E-state index contributed by atoms with van der Waals surface area (Å²) >= 11 is 0. The van der Waals surface area contributed by atoms with Gasteiger partial charge >= 0.3 is 0 Å². The molecule has 1 heterocycles. The largest absolute Gasteiger partial charge is 0.254 e. The molecule has 1 aromatic rings. The lowest BCUT2D eigenvalue weighted by atomic mass is 10.0. The van der Waals surface area contributed by atoms with Gasteiger partial charge in [0, 0.05) is 0 Å². The second kappa shape index (κ2) is 3.91. The Bertz CT molecular complexity index is 340. The fourth-order valence-corrected chi connectivity index (χ4v) is 1.87. The van der Waals surface area contributed by atoms with Gasteiger partial charge in [-0.15, -0.1) is 0 Å². The highest BCUT2D eigenvalue weighted by molar-refractivity contribution is 5.64. The molecular weight excluding hydrogens is 177 g/mol. The Morgan fingerprint density at radius 3 is 2.93 bits per heavy atom. The Balaban J connectivity index is 2.13. The third-order valence-electron chi connectivity index (χ3n) is 2.84. The Hall–Kier alpha value is -1.18. The van der Waals surface area contributed by atoms with Gasteiger partial charge < -0.3 is 0 Å². The van der Waals surface area contributed by atoms with E-state index in [4.69, 9.17) is 0 Å². The van der Waals surface area contributed by atoms with E-state index in [0.29, 0.717) is 0 Å². The van der Waals surface area contributed by atoms with E-state index in [9.17, 15) is 4.39 Å². The van der Waals surface area contributed by atoms with Crippen LogP contribution in [0.25, 0.3) is 5.57 Å². The molecule has 1 aliphatic carbocycles. The summed E-state index contributed by atoms with van der Waals surface area (Å²) in [5.74, 6) is 0.497. The van der Waals surface area contributed by atoms with Crippen molar-refractivity contribution in [3.8, 4) is 0 Å². The Morgan fingerprint density at radius 1 is 1.50 bits per heavy atom. The molecule has 2 rings (SSSR count). The van der Waals surface area contributed by atoms with Crippen molar-refractivity contribution >= 4 is 5.57 Å². The van der Waals surface area contributed by atoms with Crippen LogP contribution in [0.5, 0.6) is 0 Å².